The molecule has 1 aromatic rings. The standard InChI is InChI=1S/C13H16N2O4S/c1-8(2)13(3)12(16)14-11(15-13)9-6-4-5-7-10(9)20(17,18)19/h4-8H,1-3H3,(H,14,15,16)(H,17,18,19). The molecule has 7 heteroatoms. The van der Waals surface area contributed by atoms with E-state index in [1.807, 2.05) is 13.8 Å². The summed E-state index contributed by atoms with van der Waals surface area (Å²) in [4.78, 5) is 16.1. The zero-order valence-electron chi connectivity index (χ0n) is 11.4. The van der Waals surface area contributed by atoms with Crippen LogP contribution >= 0.6 is 0 Å². The van der Waals surface area contributed by atoms with E-state index in [2.05, 4.69) is 10.3 Å². The average Bonchev–Trinajstić information content (AvgIpc) is 2.66. The maximum absolute atomic E-state index is 12.0. The molecule has 6 nitrogen and oxygen atoms in total. The van der Waals surface area contributed by atoms with Crippen molar-refractivity contribution in [1.29, 1.82) is 0 Å². The van der Waals surface area contributed by atoms with Gasteiger partial charge in [-0.1, -0.05) is 26.0 Å². The van der Waals surface area contributed by atoms with Crippen LogP contribution in [0.2, 0.25) is 0 Å². The summed E-state index contributed by atoms with van der Waals surface area (Å²) in [5.41, 5.74) is -0.755. The summed E-state index contributed by atoms with van der Waals surface area (Å²) in [6, 6.07) is 5.87. The van der Waals surface area contributed by atoms with Gasteiger partial charge in [0.1, 0.15) is 16.3 Å². The minimum absolute atomic E-state index is 0.0436. The maximum Gasteiger partial charge on any atom is 0.295 e. The van der Waals surface area contributed by atoms with E-state index in [0.717, 1.165) is 0 Å². The SMILES string of the molecule is CC(C)C1(C)N=C(c2ccccc2S(=O)(=O)O)NC1=O. The highest BCUT2D eigenvalue weighted by Crippen LogP contribution is 2.28. The van der Waals surface area contributed by atoms with Crippen molar-refractivity contribution in [2.45, 2.75) is 31.2 Å². The van der Waals surface area contributed by atoms with Gasteiger partial charge in [0.25, 0.3) is 16.0 Å². The lowest BCUT2D eigenvalue weighted by Crippen LogP contribution is -2.41. The summed E-state index contributed by atoms with van der Waals surface area (Å²) < 4.78 is 32.0. The Morgan fingerprint density at radius 2 is 1.90 bits per heavy atom. The van der Waals surface area contributed by atoms with Gasteiger partial charge < -0.3 is 5.32 Å². The highest BCUT2D eigenvalue weighted by Gasteiger charge is 2.42. The second-order valence-electron chi connectivity index (χ2n) is 5.19. The molecule has 2 N–H and O–H groups in total. The summed E-state index contributed by atoms with van der Waals surface area (Å²) in [7, 11) is -4.38. The van der Waals surface area contributed by atoms with E-state index in [9.17, 15) is 17.8 Å². The highest BCUT2D eigenvalue weighted by atomic mass is 32.2. The Morgan fingerprint density at radius 1 is 1.30 bits per heavy atom. The molecule has 108 valence electrons. The number of amides is 1. The smallest absolute Gasteiger partial charge is 0.295 e. The van der Waals surface area contributed by atoms with Gasteiger partial charge in [0.15, 0.2) is 0 Å². The fraction of sp³-hybridized carbons (Fsp3) is 0.385. The third-order valence-corrected chi connectivity index (χ3v) is 4.49. The molecular formula is C13H16N2O4S. The number of hydrogen-bond donors (Lipinski definition) is 2. The Morgan fingerprint density at radius 3 is 2.40 bits per heavy atom. The Balaban J connectivity index is 2.58. The topological polar surface area (TPSA) is 95.8 Å². The van der Waals surface area contributed by atoms with Crippen molar-refractivity contribution in [1.82, 2.24) is 5.32 Å². The number of amidine groups is 1. The lowest BCUT2D eigenvalue weighted by molar-refractivity contribution is -0.124. The van der Waals surface area contributed by atoms with Gasteiger partial charge in [0, 0.05) is 5.56 Å². The molecule has 1 aliphatic heterocycles. The van der Waals surface area contributed by atoms with Crippen LogP contribution in [-0.2, 0) is 14.9 Å². The van der Waals surface area contributed by atoms with Gasteiger partial charge in [-0.3, -0.25) is 14.3 Å². The number of carbonyl (C=O) groups is 1. The Kier molecular flexibility index (Phi) is 3.43. The fourth-order valence-electron chi connectivity index (χ4n) is 1.95. The van der Waals surface area contributed by atoms with Gasteiger partial charge in [-0.15, -0.1) is 0 Å². The summed E-state index contributed by atoms with van der Waals surface area (Å²) in [5.74, 6) is -0.162. The number of nitrogens with zero attached hydrogens (tertiary/aromatic N) is 1. The number of aliphatic imine (C=N–C) groups is 1. The quantitative estimate of drug-likeness (QED) is 0.820. The molecule has 0 aliphatic carbocycles. The van der Waals surface area contributed by atoms with E-state index in [-0.39, 0.29) is 28.1 Å². The van der Waals surface area contributed by atoms with Crippen molar-refractivity contribution < 1.29 is 17.8 Å². The van der Waals surface area contributed by atoms with Gasteiger partial charge in [-0.25, -0.2) is 0 Å². The van der Waals surface area contributed by atoms with E-state index < -0.39 is 15.7 Å². The zero-order valence-corrected chi connectivity index (χ0v) is 12.2. The van der Waals surface area contributed by atoms with Gasteiger partial charge >= 0.3 is 0 Å². The van der Waals surface area contributed by atoms with E-state index >= 15 is 0 Å². The van der Waals surface area contributed by atoms with Gasteiger partial charge in [0.05, 0.1) is 0 Å². The molecule has 0 fully saturated rings. The fourth-order valence-corrected chi connectivity index (χ4v) is 2.64. The molecule has 0 spiro atoms. The summed E-state index contributed by atoms with van der Waals surface area (Å²) in [5, 5.41) is 2.59. The minimum atomic E-state index is -4.38. The molecule has 1 heterocycles. The molecule has 0 saturated carbocycles. The Labute approximate surface area is 117 Å². The molecule has 0 radical (unpaired) electrons. The Bertz CT molecular complexity index is 694. The minimum Gasteiger partial charge on any atom is -0.308 e. The van der Waals surface area contributed by atoms with Crippen LogP contribution in [0.25, 0.3) is 0 Å². The van der Waals surface area contributed by atoms with Crippen molar-refractivity contribution in [3.63, 3.8) is 0 Å². The first-order chi connectivity index (χ1) is 9.16. The van der Waals surface area contributed by atoms with E-state index in [1.54, 1.807) is 13.0 Å². The zero-order chi connectivity index (χ0) is 15.1. The molecular weight excluding hydrogens is 280 g/mol. The van der Waals surface area contributed by atoms with Gasteiger partial charge in [-0.05, 0) is 25.0 Å². The molecule has 20 heavy (non-hydrogen) atoms. The summed E-state index contributed by atoms with van der Waals surface area (Å²) in [6.07, 6.45) is 0. The summed E-state index contributed by atoms with van der Waals surface area (Å²) in [6.45, 7) is 5.41. The van der Waals surface area contributed by atoms with Crippen molar-refractivity contribution in [3.05, 3.63) is 29.8 Å². The van der Waals surface area contributed by atoms with Crippen LogP contribution in [0.4, 0.5) is 0 Å². The van der Waals surface area contributed by atoms with Crippen LogP contribution in [0, 0.1) is 5.92 Å². The van der Waals surface area contributed by atoms with Gasteiger partial charge in [0.2, 0.25) is 0 Å². The lowest BCUT2D eigenvalue weighted by atomic mass is 9.89. The molecule has 1 aromatic carbocycles. The largest absolute Gasteiger partial charge is 0.308 e. The van der Waals surface area contributed by atoms with Crippen molar-refractivity contribution in [2.24, 2.45) is 10.9 Å². The number of rotatable bonds is 3. The molecule has 1 atom stereocenters. The molecule has 2 rings (SSSR count). The molecule has 1 amide bonds. The number of benzene rings is 1. The van der Waals surface area contributed by atoms with Crippen LogP contribution in [0.15, 0.2) is 34.2 Å². The molecule has 0 bridgehead atoms. The lowest BCUT2D eigenvalue weighted by Gasteiger charge is -2.21. The molecule has 1 aliphatic rings. The summed E-state index contributed by atoms with van der Waals surface area (Å²) >= 11 is 0. The first-order valence-corrected chi connectivity index (χ1v) is 7.58. The first kappa shape index (κ1) is 14.7. The van der Waals surface area contributed by atoms with Crippen molar-refractivity contribution in [3.8, 4) is 0 Å². The molecule has 1 unspecified atom stereocenters. The monoisotopic (exact) mass is 296 g/mol. The van der Waals surface area contributed by atoms with Crippen molar-refractivity contribution in [2.75, 3.05) is 0 Å². The average molecular weight is 296 g/mol. The van der Waals surface area contributed by atoms with Crippen LogP contribution < -0.4 is 5.32 Å². The number of carbonyl (C=O) groups excluding carboxylic acids is 1. The third kappa shape index (κ3) is 2.34. The van der Waals surface area contributed by atoms with Gasteiger partial charge in [-0.2, -0.15) is 8.42 Å². The van der Waals surface area contributed by atoms with Crippen LogP contribution in [-0.4, -0.2) is 30.3 Å². The van der Waals surface area contributed by atoms with Crippen LogP contribution in [0.1, 0.15) is 26.3 Å². The maximum atomic E-state index is 12.0. The van der Waals surface area contributed by atoms with E-state index in [0.29, 0.717) is 0 Å². The Hall–Kier alpha value is -1.73. The van der Waals surface area contributed by atoms with E-state index in [1.165, 1.54) is 18.2 Å². The third-order valence-electron chi connectivity index (χ3n) is 3.58. The molecule has 0 saturated heterocycles. The normalized spacial score (nSPS) is 22.9. The predicted molar refractivity (Wildman–Crippen MR) is 74.2 cm³/mol. The number of nitrogens with one attached hydrogen (secondary N) is 1. The number of hydrogen-bond acceptors (Lipinski definition) is 4. The second kappa shape index (κ2) is 4.68. The van der Waals surface area contributed by atoms with Crippen molar-refractivity contribution >= 4 is 21.9 Å². The van der Waals surface area contributed by atoms with Crippen LogP contribution in [0.3, 0.4) is 0 Å². The first-order valence-electron chi connectivity index (χ1n) is 6.14. The second-order valence-corrected chi connectivity index (χ2v) is 6.58. The predicted octanol–water partition coefficient (Wildman–Crippen LogP) is 1.22. The van der Waals surface area contributed by atoms with E-state index in [4.69, 9.17) is 0 Å². The molecule has 0 aromatic heterocycles. The van der Waals surface area contributed by atoms with Crippen LogP contribution in [0.5, 0.6) is 0 Å². The highest BCUT2D eigenvalue weighted by molar-refractivity contribution is 7.86.